The summed E-state index contributed by atoms with van der Waals surface area (Å²) in [4.78, 5) is 12.8. The van der Waals surface area contributed by atoms with E-state index in [0.717, 1.165) is 17.5 Å². The molecule has 34 heavy (non-hydrogen) atoms. The fraction of sp³-hybridized carbons (Fsp3) is 0.321. The van der Waals surface area contributed by atoms with E-state index in [0.29, 0.717) is 38.3 Å². The van der Waals surface area contributed by atoms with Crippen LogP contribution in [0.5, 0.6) is 11.5 Å². The number of amides is 1. The van der Waals surface area contributed by atoms with Crippen molar-refractivity contribution in [3.63, 3.8) is 0 Å². The van der Waals surface area contributed by atoms with Crippen LogP contribution in [-0.4, -0.2) is 35.8 Å². The van der Waals surface area contributed by atoms with Gasteiger partial charge in [-0.1, -0.05) is 62.4 Å². The monoisotopic (exact) mass is 461 g/mol. The van der Waals surface area contributed by atoms with E-state index in [2.05, 4.69) is 29.8 Å². The van der Waals surface area contributed by atoms with Crippen LogP contribution in [0.4, 0.5) is 0 Å². The molecular weight excluding hydrogens is 426 g/mol. The van der Waals surface area contributed by atoms with E-state index in [1.165, 1.54) is 5.56 Å². The van der Waals surface area contributed by atoms with Crippen LogP contribution in [0, 0.1) is 5.41 Å². The fourth-order valence-corrected chi connectivity index (χ4v) is 3.79. The van der Waals surface area contributed by atoms with Crippen LogP contribution < -0.4 is 16.0 Å². The van der Waals surface area contributed by atoms with Crippen LogP contribution >= 0.6 is 0 Å². The average molecular weight is 462 g/mol. The molecule has 0 aliphatic heterocycles. The molecule has 6 heteroatoms. The minimum atomic E-state index is -0.312. The number of aromatic hydroxyl groups is 2. The van der Waals surface area contributed by atoms with E-state index < -0.39 is 0 Å². The lowest BCUT2D eigenvalue weighted by atomic mass is 9.89. The Hall–Kier alpha value is -3.35. The van der Waals surface area contributed by atoms with Gasteiger partial charge < -0.3 is 26.2 Å². The third kappa shape index (κ3) is 7.33. The minimum Gasteiger partial charge on any atom is -0.508 e. The Morgan fingerprint density at radius 1 is 0.765 bits per heavy atom. The maximum absolute atomic E-state index is 12.8. The van der Waals surface area contributed by atoms with Crippen molar-refractivity contribution < 1.29 is 15.0 Å². The zero-order chi connectivity index (χ0) is 24.4. The van der Waals surface area contributed by atoms with Gasteiger partial charge in [-0.2, -0.15) is 0 Å². The van der Waals surface area contributed by atoms with Gasteiger partial charge in [0.2, 0.25) is 0 Å². The van der Waals surface area contributed by atoms with Crippen LogP contribution in [-0.2, 0) is 19.5 Å². The van der Waals surface area contributed by atoms with Gasteiger partial charge in [-0.15, -0.1) is 0 Å². The zero-order valence-corrected chi connectivity index (χ0v) is 20.0. The molecule has 3 rings (SSSR count). The number of para-hydroxylation sites is 2. The number of hydrogen-bond donors (Lipinski definition) is 5. The van der Waals surface area contributed by atoms with E-state index >= 15 is 0 Å². The lowest BCUT2D eigenvalue weighted by molar-refractivity contribution is 0.0932. The Bertz CT molecular complexity index is 1020. The van der Waals surface area contributed by atoms with Gasteiger partial charge in [0.25, 0.3) is 5.91 Å². The summed E-state index contributed by atoms with van der Waals surface area (Å²) in [5.41, 5.74) is 3.18. The lowest BCUT2D eigenvalue weighted by Crippen LogP contribution is -2.47. The quantitative estimate of drug-likeness (QED) is 0.281. The smallest absolute Gasteiger partial charge is 0.251 e. The van der Waals surface area contributed by atoms with Crippen molar-refractivity contribution in [2.45, 2.75) is 33.4 Å². The molecule has 0 bridgehead atoms. The van der Waals surface area contributed by atoms with E-state index in [1.54, 1.807) is 24.3 Å². The molecule has 3 aromatic carbocycles. The number of rotatable bonds is 12. The summed E-state index contributed by atoms with van der Waals surface area (Å²) in [5.74, 6) is 0.423. The van der Waals surface area contributed by atoms with Crippen molar-refractivity contribution >= 4 is 5.91 Å². The number of carbonyl (C=O) groups excluding carboxylic acids is 1. The summed E-state index contributed by atoms with van der Waals surface area (Å²) in [6.45, 7) is 6.92. The standard InChI is InChI=1S/C28H35N3O3/c1-3-21-12-14-22(15-13-21)27(34)31-20-28(2,18-29-16-23-8-4-6-10-25(23)32)19-30-17-24-9-5-7-11-26(24)33/h4-15,29-30,32-33H,3,16-20H2,1-2H3,(H,31,34). The number of aryl methyl sites for hydroxylation is 1. The maximum Gasteiger partial charge on any atom is 0.251 e. The highest BCUT2D eigenvalue weighted by molar-refractivity contribution is 5.94. The summed E-state index contributed by atoms with van der Waals surface area (Å²) in [6, 6.07) is 22.2. The molecule has 3 aromatic rings. The van der Waals surface area contributed by atoms with E-state index in [4.69, 9.17) is 0 Å². The van der Waals surface area contributed by atoms with Gasteiger partial charge in [0.05, 0.1) is 0 Å². The van der Waals surface area contributed by atoms with Crippen molar-refractivity contribution in [1.82, 2.24) is 16.0 Å². The third-order valence-electron chi connectivity index (χ3n) is 6.02. The molecule has 0 saturated carbocycles. The van der Waals surface area contributed by atoms with Gasteiger partial charge in [0, 0.05) is 54.8 Å². The number of hydrogen-bond acceptors (Lipinski definition) is 5. The molecule has 1 amide bonds. The second-order valence-corrected chi connectivity index (χ2v) is 9.01. The normalized spacial score (nSPS) is 11.4. The molecule has 6 nitrogen and oxygen atoms in total. The molecule has 0 saturated heterocycles. The fourth-order valence-electron chi connectivity index (χ4n) is 3.79. The van der Waals surface area contributed by atoms with Crippen molar-refractivity contribution in [2.75, 3.05) is 19.6 Å². The number of carbonyl (C=O) groups is 1. The SMILES string of the molecule is CCc1ccc(C(=O)NCC(C)(CNCc2ccccc2O)CNCc2ccccc2O)cc1. The Labute approximate surface area is 202 Å². The summed E-state index contributed by atoms with van der Waals surface area (Å²) in [5, 5.41) is 30.0. The zero-order valence-electron chi connectivity index (χ0n) is 20.0. The molecule has 0 radical (unpaired) electrons. The molecule has 0 fully saturated rings. The molecule has 0 spiro atoms. The Morgan fingerprint density at radius 3 is 1.74 bits per heavy atom. The van der Waals surface area contributed by atoms with Gasteiger partial charge in [-0.3, -0.25) is 4.79 Å². The van der Waals surface area contributed by atoms with Crippen LogP contribution in [0.2, 0.25) is 0 Å². The predicted octanol–water partition coefficient (Wildman–Crippen LogP) is 3.98. The highest BCUT2D eigenvalue weighted by Gasteiger charge is 2.25. The number of phenols is 2. The number of phenolic OH excluding ortho intramolecular Hbond substituents is 2. The Kier molecular flexibility index (Phi) is 9.08. The van der Waals surface area contributed by atoms with Gasteiger partial charge in [-0.25, -0.2) is 0 Å². The molecule has 0 aromatic heterocycles. The second kappa shape index (κ2) is 12.2. The lowest BCUT2D eigenvalue weighted by Gasteiger charge is -2.31. The molecule has 180 valence electrons. The first-order valence-electron chi connectivity index (χ1n) is 11.7. The first-order chi connectivity index (χ1) is 16.4. The summed E-state index contributed by atoms with van der Waals surface area (Å²) in [7, 11) is 0. The highest BCUT2D eigenvalue weighted by atomic mass is 16.3. The van der Waals surface area contributed by atoms with Gasteiger partial charge >= 0.3 is 0 Å². The maximum atomic E-state index is 12.8. The molecule has 0 unspecified atom stereocenters. The van der Waals surface area contributed by atoms with Crippen molar-refractivity contribution in [1.29, 1.82) is 0 Å². The van der Waals surface area contributed by atoms with Crippen molar-refractivity contribution in [3.8, 4) is 11.5 Å². The Balaban J connectivity index is 1.62. The summed E-state index contributed by atoms with van der Waals surface area (Å²) >= 11 is 0. The van der Waals surface area contributed by atoms with Crippen LogP contribution in [0.1, 0.15) is 40.9 Å². The second-order valence-electron chi connectivity index (χ2n) is 9.01. The molecule has 0 heterocycles. The van der Waals surface area contributed by atoms with Crippen molar-refractivity contribution in [2.24, 2.45) is 5.41 Å². The summed E-state index contributed by atoms with van der Waals surface area (Å²) < 4.78 is 0. The third-order valence-corrected chi connectivity index (χ3v) is 6.02. The van der Waals surface area contributed by atoms with Crippen LogP contribution in [0.15, 0.2) is 72.8 Å². The number of benzene rings is 3. The van der Waals surface area contributed by atoms with Crippen LogP contribution in [0.3, 0.4) is 0 Å². The van der Waals surface area contributed by atoms with Gasteiger partial charge in [-0.05, 0) is 36.2 Å². The average Bonchev–Trinajstić information content (AvgIpc) is 2.85. The number of nitrogens with one attached hydrogen (secondary N) is 3. The first-order valence-corrected chi connectivity index (χ1v) is 11.7. The molecule has 0 atom stereocenters. The van der Waals surface area contributed by atoms with E-state index in [1.807, 2.05) is 48.5 Å². The summed E-state index contributed by atoms with van der Waals surface area (Å²) in [6.07, 6.45) is 0.936. The minimum absolute atomic E-state index is 0.102. The molecule has 0 aliphatic carbocycles. The first kappa shape index (κ1) is 25.3. The largest absolute Gasteiger partial charge is 0.508 e. The van der Waals surface area contributed by atoms with Crippen LogP contribution in [0.25, 0.3) is 0 Å². The Morgan fingerprint density at radius 2 is 1.26 bits per heavy atom. The van der Waals surface area contributed by atoms with E-state index in [-0.39, 0.29) is 22.8 Å². The van der Waals surface area contributed by atoms with Crippen molar-refractivity contribution in [3.05, 3.63) is 95.1 Å². The molecular formula is C28H35N3O3. The highest BCUT2D eigenvalue weighted by Crippen LogP contribution is 2.19. The van der Waals surface area contributed by atoms with Gasteiger partial charge in [0.1, 0.15) is 11.5 Å². The predicted molar refractivity (Wildman–Crippen MR) is 136 cm³/mol. The van der Waals surface area contributed by atoms with E-state index in [9.17, 15) is 15.0 Å². The van der Waals surface area contributed by atoms with Gasteiger partial charge in [0.15, 0.2) is 0 Å². The topological polar surface area (TPSA) is 93.6 Å². The molecule has 0 aliphatic rings. The molecule has 5 N–H and O–H groups in total.